The predicted molar refractivity (Wildman–Crippen MR) is 71.5 cm³/mol. The number of nitrogens with zero attached hydrogens (tertiary/aromatic N) is 1. The molecule has 16 heavy (non-hydrogen) atoms. The summed E-state index contributed by atoms with van der Waals surface area (Å²) in [5, 5.41) is 0. The molecule has 96 valence electrons. The highest BCUT2D eigenvalue weighted by atomic mass is 15.1. The van der Waals surface area contributed by atoms with E-state index in [0.29, 0.717) is 0 Å². The van der Waals surface area contributed by atoms with Gasteiger partial charge in [-0.05, 0) is 51.2 Å². The summed E-state index contributed by atoms with van der Waals surface area (Å²) in [6.07, 6.45) is 8.38. The van der Waals surface area contributed by atoms with Gasteiger partial charge >= 0.3 is 0 Å². The Bertz CT molecular complexity index is 193. The molecule has 0 amide bonds. The zero-order valence-electron chi connectivity index (χ0n) is 11.6. The van der Waals surface area contributed by atoms with Gasteiger partial charge in [-0.15, -0.1) is 0 Å². The lowest BCUT2D eigenvalue weighted by atomic mass is 9.76. The fourth-order valence-electron chi connectivity index (χ4n) is 2.94. The van der Waals surface area contributed by atoms with E-state index in [2.05, 4.69) is 32.8 Å². The van der Waals surface area contributed by atoms with Crippen molar-refractivity contribution >= 4 is 0 Å². The van der Waals surface area contributed by atoms with Crippen LogP contribution in [0.3, 0.4) is 0 Å². The molecular weight excluding hydrogens is 196 g/mol. The van der Waals surface area contributed by atoms with E-state index in [1.165, 1.54) is 38.5 Å². The van der Waals surface area contributed by atoms with Crippen LogP contribution in [-0.4, -0.2) is 31.6 Å². The average molecular weight is 226 g/mol. The van der Waals surface area contributed by atoms with E-state index in [1.54, 1.807) is 0 Å². The van der Waals surface area contributed by atoms with Gasteiger partial charge in [0, 0.05) is 6.04 Å². The van der Waals surface area contributed by atoms with Crippen molar-refractivity contribution in [3.05, 3.63) is 0 Å². The molecule has 2 N–H and O–H groups in total. The highest BCUT2D eigenvalue weighted by molar-refractivity contribution is 4.85. The van der Waals surface area contributed by atoms with E-state index in [9.17, 15) is 0 Å². The molecule has 0 radical (unpaired) electrons. The maximum absolute atomic E-state index is 5.87. The second-order valence-electron chi connectivity index (χ2n) is 6.50. The lowest BCUT2D eigenvalue weighted by Crippen LogP contribution is -2.41. The van der Waals surface area contributed by atoms with Gasteiger partial charge in [0.2, 0.25) is 0 Å². The van der Waals surface area contributed by atoms with E-state index in [-0.39, 0.29) is 5.41 Å². The van der Waals surface area contributed by atoms with Gasteiger partial charge in [-0.3, -0.25) is 0 Å². The fraction of sp³-hybridized carbons (Fsp3) is 1.00. The van der Waals surface area contributed by atoms with Crippen LogP contribution in [-0.2, 0) is 0 Å². The Labute approximate surface area is 102 Å². The Morgan fingerprint density at radius 1 is 1.19 bits per heavy atom. The highest BCUT2D eigenvalue weighted by Gasteiger charge is 2.30. The van der Waals surface area contributed by atoms with Crippen LogP contribution < -0.4 is 5.73 Å². The third-order valence-electron chi connectivity index (χ3n) is 4.17. The topological polar surface area (TPSA) is 29.3 Å². The molecule has 1 saturated carbocycles. The highest BCUT2D eigenvalue weighted by Crippen LogP contribution is 2.34. The second kappa shape index (κ2) is 6.02. The van der Waals surface area contributed by atoms with Gasteiger partial charge < -0.3 is 10.6 Å². The average Bonchev–Trinajstić information content (AvgIpc) is 2.27. The first-order valence-corrected chi connectivity index (χ1v) is 6.83. The summed E-state index contributed by atoms with van der Waals surface area (Å²) < 4.78 is 0. The molecule has 1 aliphatic rings. The standard InChI is InChI=1S/C14H30N2/c1-14(2,11-15)10-13(16(3)4)12-8-6-5-7-9-12/h12-13H,5-11,15H2,1-4H3. The van der Waals surface area contributed by atoms with E-state index in [0.717, 1.165) is 18.5 Å². The van der Waals surface area contributed by atoms with Crippen molar-refractivity contribution in [1.29, 1.82) is 0 Å². The van der Waals surface area contributed by atoms with Crippen LogP contribution in [0.1, 0.15) is 52.4 Å². The van der Waals surface area contributed by atoms with Crippen molar-refractivity contribution in [2.45, 2.75) is 58.4 Å². The van der Waals surface area contributed by atoms with Crippen LogP contribution in [0.5, 0.6) is 0 Å². The molecule has 0 aromatic heterocycles. The summed E-state index contributed by atoms with van der Waals surface area (Å²) >= 11 is 0. The molecule has 0 saturated heterocycles. The van der Waals surface area contributed by atoms with Crippen LogP contribution in [0.2, 0.25) is 0 Å². The molecule has 1 atom stereocenters. The van der Waals surface area contributed by atoms with Crippen LogP contribution in [0, 0.1) is 11.3 Å². The normalized spacial score (nSPS) is 21.4. The van der Waals surface area contributed by atoms with E-state index in [1.807, 2.05) is 0 Å². The second-order valence-corrected chi connectivity index (χ2v) is 6.50. The Hall–Kier alpha value is -0.0800. The van der Waals surface area contributed by atoms with Crippen molar-refractivity contribution in [2.24, 2.45) is 17.1 Å². The van der Waals surface area contributed by atoms with Gasteiger partial charge in [-0.25, -0.2) is 0 Å². The van der Waals surface area contributed by atoms with Gasteiger partial charge in [0.05, 0.1) is 0 Å². The maximum Gasteiger partial charge on any atom is 0.0123 e. The van der Waals surface area contributed by atoms with Crippen molar-refractivity contribution in [1.82, 2.24) is 4.90 Å². The lowest BCUT2D eigenvalue weighted by molar-refractivity contribution is 0.119. The molecule has 1 aliphatic carbocycles. The van der Waals surface area contributed by atoms with Crippen LogP contribution in [0.15, 0.2) is 0 Å². The summed E-state index contributed by atoms with van der Waals surface area (Å²) in [6, 6.07) is 0.721. The molecule has 0 bridgehead atoms. The SMILES string of the molecule is CN(C)C(CC(C)(C)CN)C1CCCCC1. The van der Waals surface area contributed by atoms with Gasteiger partial charge in [-0.1, -0.05) is 33.1 Å². The zero-order chi connectivity index (χ0) is 12.2. The molecule has 0 aromatic carbocycles. The third kappa shape index (κ3) is 4.06. The predicted octanol–water partition coefficient (Wildman–Crippen LogP) is 2.87. The Morgan fingerprint density at radius 3 is 2.19 bits per heavy atom. The number of hydrogen-bond donors (Lipinski definition) is 1. The summed E-state index contributed by atoms with van der Waals surface area (Å²) in [4.78, 5) is 2.42. The molecule has 0 aliphatic heterocycles. The minimum atomic E-state index is 0.284. The summed E-state index contributed by atoms with van der Waals surface area (Å²) in [7, 11) is 4.46. The van der Waals surface area contributed by atoms with E-state index < -0.39 is 0 Å². The summed E-state index contributed by atoms with van der Waals surface area (Å²) in [5.74, 6) is 0.898. The Kier molecular flexibility index (Phi) is 5.26. The van der Waals surface area contributed by atoms with Crippen molar-refractivity contribution in [3.63, 3.8) is 0 Å². The first kappa shape index (κ1) is 14.0. The van der Waals surface area contributed by atoms with E-state index >= 15 is 0 Å². The quantitative estimate of drug-likeness (QED) is 0.781. The maximum atomic E-state index is 5.87. The molecule has 2 nitrogen and oxygen atoms in total. The zero-order valence-corrected chi connectivity index (χ0v) is 11.6. The monoisotopic (exact) mass is 226 g/mol. The van der Waals surface area contributed by atoms with Gasteiger partial charge in [-0.2, -0.15) is 0 Å². The Morgan fingerprint density at radius 2 is 1.75 bits per heavy atom. The van der Waals surface area contributed by atoms with Crippen molar-refractivity contribution < 1.29 is 0 Å². The molecule has 1 fully saturated rings. The largest absolute Gasteiger partial charge is 0.330 e. The summed E-state index contributed by atoms with van der Waals surface area (Å²) in [6.45, 7) is 5.39. The minimum absolute atomic E-state index is 0.284. The molecule has 0 spiro atoms. The third-order valence-corrected chi connectivity index (χ3v) is 4.17. The molecule has 1 rings (SSSR count). The van der Waals surface area contributed by atoms with Gasteiger partial charge in [0.25, 0.3) is 0 Å². The molecular formula is C14H30N2. The first-order chi connectivity index (χ1) is 7.46. The minimum Gasteiger partial charge on any atom is -0.330 e. The van der Waals surface area contributed by atoms with E-state index in [4.69, 9.17) is 5.73 Å². The number of hydrogen-bond acceptors (Lipinski definition) is 2. The molecule has 0 heterocycles. The Balaban J connectivity index is 2.59. The number of nitrogens with two attached hydrogens (primary N) is 1. The molecule has 1 unspecified atom stereocenters. The molecule has 2 heteroatoms. The van der Waals surface area contributed by atoms with Crippen LogP contribution >= 0.6 is 0 Å². The van der Waals surface area contributed by atoms with Crippen molar-refractivity contribution in [3.8, 4) is 0 Å². The smallest absolute Gasteiger partial charge is 0.0123 e. The van der Waals surface area contributed by atoms with Crippen LogP contribution in [0.25, 0.3) is 0 Å². The first-order valence-electron chi connectivity index (χ1n) is 6.83. The fourth-order valence-corrected chi connectivity index (χ4v) is 2.94. The molecule has 0 aromatic rings. The van der Waals surface area contributed by atoms with Crippen molar-refractivity contribution in [2.75, 3.05) is 20.6 Å². The van der Waals surface area contributed by atoms with Gasteiger partial charge in [0.1, 0.15) is 0 Å². The van der Waals surface area contributed by atoms with Crippen LogP contribution in [0.4, 0.5) is 0 Å². The summed E-state index contributed by atoms with van der Waals surface area (Å²) in [5.41, 5.74) is 6.15. The van der Waals surface area contributed by atoms with Gasteiger partial charge in [0.15, 0.2) is 0 Å². The number of rotatable bonds is 5. The lowest BCUT2D eigenvalue weighted by Gasteiger charge is -2.39.